The van der Waals surface area contributed by atoms with E-state index in [0.717, 1.165) is 4.68 Å². The second-order valence-corrected chi connectivity index (χ2v) is 9.37. The van der Waals surface area contributed by atoms with Crippen LogP contribution in [0.2, 0.25) is 0 Å². The summed E-state index contributed by atoms with van der Waals surface area (Å²) in [6.07, 6.45) is -6.02. The van der Waals surface area contributed by atoms with Crippen molar-refractivity contribution in [3.8, 4) is 11.3 Å². The number of nitrogens with zero attached hydrogens (tertiary/aromatic N) is 3. The van der Waals surface area contributed by atoms with Gasteiger partial charge in [0, 0.05) is 12.0 Å². The second-order valence-electron chi connectivity index (χ2n) is 9.37. The number of aliphatic hydroxyl groups excluding tert-OH is 3. The monoisotopic (exact) mass is 579 g/mol. The minimum atomic E-state index is -1.66. The van der Waals surface area contributed by atoms with Gasteiger partial charge in [-0.25, -0.2) is 22.6 Å². The number of benzene rings is 2. The number of aliphatic hydroxyl groups is 3. The average molecular weight is 580 g/mol. The maximum Gasteiger partial charge on any atom is 0.337 e. The van der Waals surface area contributed by atoms with Gasteiger partial charge in [-0.2, -0.15) is 0 Å². The Morgan fingerprint density at radius 2 is 1.76 bits per heavy atom. The first-order chi connectivity index (χ1) is 19.6. The van der Waals surface area contributed by atoms with E-state index in [2.05, 4.69) is 15.0 Å². The highest BCUT2D eigenvalue weighted by molar-refractivity contribution is 5.89. The lowest BCUT2D eigenvalue weighted by Crippen LogP contribution is -2.60. The van der Waals surface area contributed by atoms with E-state index in [-0.39, 0.29) is 24.3 Å². The molecule has 4 rings (SSSR count). The number of hydrogen-bond acceptors (Lipinski definition) is 10. The third kappa shape index (κ3) is 6.31. The van der Waals surface area contributed by atoms with Crippen LogP contribution in [0.4, 0.5) is 13.2 Å². The molecular formula is C27H28F3N3O8. The number of hydrogen-bond donors (Lipinski definition) is 3. The van der Waals surface area contributed by atoms with Crippen molar-refractivity contribution in [2.45, 2.75) is 56.5 Å². The fraction of sp³-hybridized carbons (Fsp3) is 0.407. The molecule has 1 aliphatic heterocycles. The van der Waals surface area contributed by atoms with E-state index in [1.165, 1.54) is 25.4 Å². The highest BCUT2D eigenvalue weighted by atomic mass is 19.2. The predicted molar refractivity (Wildman–Crippen MR) is 134 cm³/mol. The van der Waals surface area contributed by atoms with E-state index in [1.54, 1.807) is 19.1 Å². The molecule has 2 aromatic carbocycles. The van der Waals surface area contributed by atoms with E-state index in [4.69, 9.17) is 9.47 Å². The Morgan fingerprint density at radius 3 is 2.34 bits per heavy atom. The number of esters is 1. The highest BCUT2D eigenvalue weighted by Crippen LogP contribution is 2.34. The van der Waals surface area contributed by atoms with E-state index in [0.29, 0.717) is 23.3 Å². The summed E-state index contributed by atoms with van der Waals surface area (Å²) in [5.74, 6) is -5.52. The third-order valence-corrected chi connectivity index (χ3v) is 6.79. The molecule has 14 heteroatoms. The zero-order chi connectivity index (χ0) is 29.8. The maximum atomic E-state index is 13.8. The largest absolute Gasteiger partial charge is 0.465 e. The van der Waals surface area contributed by atoms with Crippen LogP contribution in [0.3, 0.4) is 0 Å². The van der Waals surface area contributed by atoms with Gasteiger partial charge in [0.25, 0.3) is 0 Å². The molecule has 0 aliphatic carbocycles. The predicted octanol–water partition coefficient (Wildman–Crippen LogP) is 1.74. The van der Waals surface area contributed by atoms with Crippen molar-refractivity contribution in [2.24, 2.45) is 0 Å². The summed E-state index contributed by atoms with van der Waals surface area (Å²) in [6.45, 7) is 0.773. The topological polar surface area (TPSA) is 153 Å². The van der Waals surface area contributed by atoms with Gasteiger partial charge in [-0.1, -0.05) is 24.3 Å². The van der Waals surface area contributed by atoms with Crippen molar-refractivity contribution < 1.29 is 52.3 Å². The molecule has 0 saturated carbocycles. The fourth-order valence-electron chi connectivity index (χ4n) is 4.56. The molecule has 11 nitrogen and oxygen atoms in total. The molecule has 1 saturated heterocycles. The number of halogens is 3. The number of methoxy groups -OCH3 is 1. The van der Waals surface area contributed by atoms with Crippen molar-refractivity contribution in [3.05, 3.63) is 71.2 Å². The third-order valence-electron chi connectivity index (χ3n) is 6.79. The molecule has 1 aromatic heterocycles. The molecule has 0 amide bonds. The molecule has 6 atom stereocenters. The summed E-state index contributed by atoms with van der Waals surface area (Å²) < 4.78 is 58.2. The first-order valence-corrected chi connectivity index (χ1v) is 12.6. The van der Waals surface area contributed by atoms with Crippen LogP contribution >= 0.6 is 0 Å². The number of rotatable bonds is 10. The maximum absolute atomic E-state index is 13.8. The normalized spacial score (nSPS) is 23.3. The number of Topliss-reactive ketones (excluding diaryl/α,β-unsaturated/α-hetero) is 1. The van der Waals surface area contributed by atoms with Crippen molar-refractivity contribution in [3.63, 3.8) is 0 Å². The smallest absolute Gasteiger partial charge is 0.337 e. The highest BCUT2D eigenvalue weighted by Gasteiger charge is 2.50. The summed E-state index contributed by atoms with van der Waals surface area (Å²) in [4.78, 5) is 24.6. The quantitative estimate of drug-likeness (QED) is 0.239. The van der Waals surface area contributed by atoms with Crippen molar-refractivity contribution in [1.29, 1.82) is 0 Å². The number of carbonyl (C=O) groups excluding carboxylic acids is 2. The average Bonchev–Trinajstić information content (AvgIpc) is 3.46. The van der Waals surface area contributed by atoms with Gasteiger partial charge in [-0.05, 0) is 29.8 Å². The molecule has 3 N–H and O–H groups in total. The minimum absolute atomic E-state index is 0.00467. The van der Waals surface area contributed by atoms with Gasteiger partial charge in [0.2, 0.25) is 0 Å². The van der Waals surface area contributed by atoms with Gasteiger partial charge in [0.1, 0.15) is 42.3 Å². The van der Waals surface area contributed by atoms with Crippen LogP contribution in [0.25, 0.3) is 11.3 Å². The molecular weight excluding hydrogens is 551 g/mol. The summed E-state index contributed by atoms with van der Waals surface area (Å²) in [7, 11) is 1.25. The number of ether oxygens (including phenoxy) is 3. The molecule has 1 aliphatic rings. The van der Waals surface area contributed by atoms with Crippen molar-refractivity contribution in [2.75, 3.05) is 13.7 Å². The zero-order valence-electron chi connectivity index (χ0n) is 22.0. The van der Waals surface area contributed by atoms with Gasteiger partial charge >= 0.3 is 5.97 Å². The lowest BCUT2D eigenvalue weighted by atomic mass is 9.88. The molecule has 0 spiro atoms. The van der Waals surface area contributed by atoms with Gasteiger partial charge in [-0.3, -0.25) is 4.79 Å². The SMILES string of the molecule is CCC(=O)[C@@H](OCc1ccc(C(=O)OC)cc1)[C@@H]1OC(CO)[C@H](O)[C@H](n2cc(-c3cc(F)c(F)c(F)c3)nn2)C1O. The fourth-order valence-corrected chi connectivity index (χ4v) is 4.56. The van der Waals surface area contributed by atoms with Gasteiger partial charge in [0.15, 0.2) is 23.2 Å². The van der Waals surface area contributed by atoms with Crippen LogP contribution in [0.1, 0.15) is 35.3 Å². The summed E-state index contributed by atoms with van der Waals surface area (Å²) in [5.41, 5.74) is 0.648. The molecule has 220 valence electrons. The Kier molecular flexibility index (Phi) is 9.50. The second kappa shape index (κ2) is 12.9. The summed E-state index contributed by atoms with van der Waals surface area (Å²) in [5, 5.41) is 39.7. The molecule has 2 unspecified atom stereocenters. The number of carbonyl (C=O) groups is 2. The number of ketones is 1. The van der Waals surface area contributed by atoms with E-state index in [1.807, 2.05) is 0 Å². The van der Waals surface area contributed by atoms with Crippen LogP contribution in [0, 0.1) is 17.5 Å². The van der Waals surface area contributed by atoms with Crippen LogP contribution in [0.15, 0.2) is 42.6 Å². The standard InChI is InChI=1S/C27H28F3N3O8/c1-3-19(35)25(40-12-13-4-6-14(7-5-13)27(38)39-2)26-24(37)22(23(36)20(11-34)41-26)33-10-18(31-32-33)15-8-16(28)21(30)17(29)9-15/h4-10,20,22-26,34,36-37H,3,11-12H2,1-2H3/t20?,22-,23-,24?,25+,26+/m0/s1. The van der Waals surface area contributed by atoms with Crippen LogP contribution in [0.5, 0.6) is 0 Å². The molecule has 2 heterocycles. The zero-order valence-corrected chi connectivity index (χ0v) is 22.0. The molecule has 41 heavy (non-hydrogen) atoms. The lowest BCUT2D eigenvalue weighted by Gasteiger charge is -2.44. The molecule has 0 bridgehead atoms. The van der Waals surface area contributed by atoms with Crippen LogP contribution in [-0.2, 0) is 25.6 Å². The Bertz CT molecular complexity index is 1360. The van der Waals surface area contributed by atoms with Gasteiger partial charge in [0.05, 0.1) is 32.1 Å². The Hall–Kier alpha value is -3.69. The van der Waals surface area contributed by atoms with Crippen LogP contribution in [-0.4, -0.2) is 86.3 Å². The van der Waals surface area contributed by atoms with E-state index in [9.17, 15) is 38.1 Å². The van der Waals surface area contributed by atoms with Crippen molar-refractivity contribution in [1.82, 2.24) is 15.0 Å². The van der Waals surface area contributed by atoms with Crippen LogP contribution < -0.4 is 0 Å². The Balaban J connectivity index is 1.60. The Labute approximate surface area is 232 Å². The molecule has 1 fully saturated rings. The van der Waals surface area contributed by atoms with E-state index >= 15 is 0 Å². The molecule has 0 radical (unpaired) electrons. The molecule has 3 aromatic rings. The van der Waals surface area contributed by atoms with Gasteiger partial charge < -0.3 is 29.5 Å². The number of aromatic nitrogens is 3. The first-order valence-electron chi connectivity index (χ1n) is 12.6. The lowest BCUT2D eigenvalue weighted by molar-refractivity contribution is -0.234. The Morgan fingerprint density at radius 1 is 1.10 bits per heavy atom. The summed E-state index contributed by atoms with van der Waals surface area (Å²) in [6, 6.07) is 6.31. The first kappa shape index (κ1) is 30.3. The van der Waals surface area contributed by atoms with E-state index < -0.39 is 72.4 Å². The minimum Gasteiger partial charge on any atom is -0.465 e. The van der Waals surface area contributed by atoms with Crippen molar-refractivity contribution >= 4 is 11.8 Å². The summed E-state index contributed by atoms with van der Waals surface area (Å²) >= 11 is 0. The van der Waals surface area contributed by atoms with Gasteiger partial charge in [-0.15, -0.1) is 5.10 Å².